The molecule has 0 N–H and O–H groups in total. The molecule has 26 heavy (non-hydrogen) atoms. The maximum atomic E-state index is 2.66. The van der Waals surface area contributed by atoms with Crippen molar-refractivity contribution in [1.82, 2.24) is 0 Å². The molecule has 2 aliphatic rings. The zero-order valence-electron chi connectivity index (χ0n) is 16.7. The molecule has 3 unspecified atom stereocenters. The molecule has 4 rings (SSSR count). The molecule has 0 aliphatic heterocycles. The van der Waals surface area contributed by atoms with Gasteiger partial charge in [0.05, 0.1) is 0 Å². The van der Waals surface area contributed by atoms with Gasteiger partial charge >= 0.3 is 169 Å². The third-order valence-electron chi connectivity index (χ3n) is 7.30. The van der Waals surface area contributed by atoms with Crippen molar-refractivity contribution in [2.75, 3.05) is 0 Å². The van der Waals surface area contributed by atoms with Crippen LogP contribution in [0.5, 0.6) is 0 Å². The molecule has 0 saturated heterocycles. The summed E-state index contributed by atoms with van der Waals surface area (Å²) >= 11 is 2.52. The van der Waals surface area contributed by atoms with Gasteiger partial charge in [0.2, 0.25) is 0 Å². The number of benzene rings is 2. The van der Waals surface area contributed by atoms with Crippen LogP contribution in [0, 0.1) is 5.92 Å². The first-order chi connectivity index (χ1) is 12.4. The molecule has 0 spiro atoms. The zero-order valence-corrected chi connectivity index (χ0v) is 17.7. The summed E-state index contributed by atoms with van der Waals surface area (Å²) in [6.45, 7) is 9.88. The molecule has 3 atom stereocenters. The van der Waals surface area contributed by atoms with Gasteiger partial charge in [-0.3, -0.25) is 0 Å². The molecule has 128 valence electrons. The van der Waals surface area contributed by atoms with Crippen molar-refractivity contribution in [2.45, 2.75) is 42.6 Å². The summed E-state index contributed by atoms with van der Waals surface area (Å²) in [6, 6.07) is 18.2. The van der Waals surface area contributed by atoms with Gasteiger partial charge in [0, 0.05) is 0 Å². The SMILES string of the molecule is [Li][C]1([Si](C)(C)C2C=Cc3ccccc32)C=C(C(C)CC)c2ccccc21. The minimum atomic E-state index is -1.73. The summed E-state index contributed by atoms with van der Waals surface area (Å²) in [5, 5.41) is 0. The van der Waals surface area contributed by atoms with E-state index in [1.807, 2.05) is 0 Å². The van der Waals surface area contributed by atoms with Crippen molar-refractivity contribution in [3.63, 3.8) is 0 Å². The predicted molar refractivity (Wildman–Crippen MR) is 117 cm³/mol. The van der Waals surface area contributed by atoms with Gasteiger partial charge in [-0.15, -0.1) is 0 Å². The third kappa shape index (κ3) is 2.49. The van der Waals surface area contributed by atoms with Crippen LogP contribution < -0.4 is 0 Å². The molecule has 0 bridgehead atoms. The number of hydrogen-bond donors (Lipinski definition) is 0. The Morgan fingerprint density at radius 3 is 2.54 bits per heavy atom. The predicted octanol–water partition coefficient (Wildman–Crippen LogP) is 6.09. The molecular weight excluding hydrogens is 323 g/mol. The van der Waals surface area contributed by atoms with E-state index in [0.29, 0.717) is 11.5 Å². The molecule has 0 amide bonds. The fraction of sp³-hybridized carbons (Fsp3) is 0.333. The summed E-state index contributed by atoms with van der Waals surface area (Å²) in [4.78, 5) is 0. The van der Waals surface area contributed by atoms with Crippen molar-refractivity contribution in [1.29, 1.82) is 0 Å². The Balaban J connectivity index is 1.86. The van der Waals surface area contributed by atoms with Crippen LogP contribution in [0.15, 0.2) is 60.7 Å². The Morgan fingerprint density at radius 1 is 1.08 bits per heavy atom. The van der Waals surface area contributed by atoms with Crippen LogP contribution in [0.1, 0.15) is 48.1 Å². The second-order valence-corrected chi connectivity index (χ2v) is 13.9. The molecule has 0 aromatic heterocycles. The molecule has 2 aromatic rings. The van der Waals surface area contributed by atoms with Gasteiger partial charge < -0.3 is 0 Å². The molecule has 0 fully saturated rings. The van der Waals surface area contributed by atoms with Crippen molar-refractivity contribution < 1.29 is 0 Å². The second kappa shape index (κ2) is 6.41. The number of hydrogen-bond acceptors (Lipinski definition) is 0. The van der Waals surface area contributed by atoms with E-state index >= 15 is 0 Å². The van der Waals surface area contributed by atoms with E-state index in [-0.39, 0.29) is 3.71 Å². The zero-order chi connectivity index (χ0) is 18.5. The Labute approximate surface area is 168 Å². The Hall–Kier alpha value is -1.27. The van der Waals surface area contributed by atoms with Crippen LogP contribution >= 0.6 is 0 Å². The average molecular weight is 351 g/mol. The van der Waals surface area contributed by atoms with E-state index in [4.69, 9.17) is 0 Å². The van der Waals surface area contributed by atoms with Gasteiger partial charge in [0.25, 0.3) is 0 Å². The average Bonchev–Trinajstić information content (AvgIpc) is 3.22. The van der Waals surface area contributed by atoms with Crippen LogP contribution in [-0.4, -0.2) is 25.8 Å². The van der Waals surface area contributed by atoms with Crippen LogP contribution in [0.3, 0.4) is 0 Å². The number of rotatable bonds is 4. The number of fused-ring (bicyclic) bond motifs is 2. The van der Waals surface area contributed by atoms with Crippen LogP contribution in [0.2, 0.25) is 13.1 Å². The fourth-order valence-corrected chi connectivity index (χ4v) is 8.72. The molecular formula is C24H27LiSi. The van der Waals surface area contributed by atoms with Crippen molar-refractivity contribution in [3.8, 4) is 0 Å². The summed E-state index contributed by atoms with van der Waals surface area (Å²) in [6.07, 6.45) is 8.69. The van der Waals surface area contributed by atoms with Crippen LogP contribution in [0.4, 0.5) is 0 Å². The van der Waals surface area contributed by atoms with Gasteiger partial charge in [-0.05, 0) is 0 Å². The van der Waals surface area contributed by atoms with Gasteiger partial charge in [-0.2, -0.15) is 0 Å². The summed E-state index contributed by atoms with van der Waals surface area (Å²) < 4.78 is 0.162. The van der Waals surface area contributed by atoms with E-state index in [1.165, 1.54) is 23.1 Å². The molecule has 0 heterocycles. The third-order valence-corrected chi connectivity index (χ3v) is 12.4. The van der Waals surface area contributed by atoms with E-state index < -0.39 is 8.07 Å². The van der Waals surface area contributed by atoms with Crippen molar-refractivity contribution in [2.24, 2.45) is 5.92 Å². The Bertz CT molecular complexity index is 908. The summed E-state index contributed by atoms with van der Waals surface area (Å²) in [5.41, 5.74) is 8.16. The topological polar surface area (TPSA) is 0 Å². The molecule has 2 aliphatic carbocycles. The van der Waals surface area contributed by atoms with Gasteiger partial charge in [0.15, 0.2) is 0 Å². The van der Waals surface area contributed by atoms with E-state index in [1.54, 1.807) is 11.1 Å². The van der Waals surface area contributed by atoms with Gasteiger partial charge in [-0.1, -0.05) is 0 Å². The minimum absolute atomic E-state index is 0.162. The Morgan fingerprint density at radius 2 is 1.77 bits per heavy atom. The first-order valence-corrected chi connectivity index (χ1v) is 13.1. The second-order valence-electron chi connectivity index (χ2n) is 8.84. The molecule has 0 nitrogen and oxygen atoms in total. The van der Waals surface area contributed by atoms with E-state index in [2.05, 4.69) is 111 Å². The first kappa shape index (κ1) is 18.1. The molecule has 2 aromatic carbocycles. The first-order valence-electron chi connectivity index (χ1n) is 10.00. The van der Waals surface area contributed by atoms with Crippen LogP contribution in [0.25, 0.3) is 11.6 Å². The van der Waals surface area contributed by atoms with E-state index in [9.17, 15) is 0 Å². The molecule has 2 heteroatoms. The fourth-order valence-electron chi connectivity index (χ4n) is 5.02. The van der Waals surface area contributed by atoms with Crippen molar-refractivity contribution >= 4 is 37.4 Å². The summed E-state index contributed by atoms with van der Waals surface area (Å²) in [5.74, 6) is 0.620. The molecule has 0 saturated carbocycles. The monoisotopic (exact) mass is 350 g/mol. The summed E-state index contributed by atoms with van der Waals surface area (Å²) in [7, 11) is -1.73. The normalized spacial score (nSPS) is 25.0. The van der Waals surface area contributed by atoms with E-state index in [0.717, 1.165) is 0 Å². The standard InChI is InChI=1S/C24H27Si.Li/c1-5-17(2)22-16-24(21-13-9-8-12-20(21)22)25(3,4)23-15-14-18-10-6-7-11-19(18)23;/h6-17,23H,5H2,1-4H3;. The Kier molecular flexibility index (Phi) is 4.47. The van der Waals surface area contributed by atoms with Gasteiger partial charge in [-0.25, -0.2) is 0 Å². The molecule has 0 radical (unpaired) electrons. The van der Waals surface area contributed by atoms with Crippen molar-refractivity contribution in [3.05, 3.63) is 82.9 Å². The van der Waals surface area contributed by atoms with Gasteiger partial charge in [0.1, 0.15) is 0 Å². The van der Waals surface area contributed by atoms with Crippen LogP contribution in [-0.2, 0) is 3.71 Å². The number of allylic oxidation sites excluding steroid dienone is 3. The maximum absolute atomic E-state index is 2.66. The quantitative estimate of drug-likeness (QED) is 0.585.